The molecule has 20 heavy (non-hydrogen) atoms. The van der Waals surface area contributed by atoms with Crippen LogP contribution >= 0.6 is 0 Å². The molecule has 0 amide bonds. The second-order valence-corrected chi connectivity index (χ2v) is 5.46. The van der Waals surface area contributed by atoms with Crippen molar-refractivity contribution in [2.75, 3.05) is 33.0 Å². The van der Waals surface area contributed by atoms with Crippen molar-refractivity contribution < 1.29 is 29.1 Å². The molecule has 0 fully saturated rings. The smallest absolute Gasteiger partial charge is 0.306 e. The van der Waals surface area contributed by atoms with Crippen LogP contribution in [-0.4, -0.2) is 49.9 Å². The van der Waals surface area contributed by atoms with Crippen molar-refractivity contribution >= 4 is 5.97 Å². The highest BCUT2D eigenvalue weighted by Gasteiger charge is 2.15. The lowest BCUT2D eigenvalue weighted by Gasteiger charge is -2.19. The monoisotopic (exact) mass is 292 g/mol. The van der Waals surface area contributed by atoms with Crippen molar-refractivity contribution in [1.29, 1.82) is 0 Å². The van der Waals surface area contributed by atoms with Gasteiger partial charge in [0.15, 0.2) is 0 Å². The fraction of sp³-hybridized carbons (Fsp3) is 0.929. The summed E-state index contributed by atoms with van der Waals surface area (Å²) in [7, 11) is 0. The van der Waals surface area contributed by atoms with Gasteiger partial charge in [0.1, 0.15) is 12.2 Å². The van der Waals surface area contributed by atoms with Gasteiger partial charge in [-0.3, -0.25) is 10.1 Å². The average molecular weight is 292 g/mol. The molecule has 0 radical (unpaired) electrons. The molecule has 0 atom stereocenters. The predicted molar refractivity (Wildman–Crippen MR) is 74.5 cm³/mol. The van der Waals surface area contributed by atoms with Gasteiger partial charge in [-0.2, -0.15) is 0 Å². The van der Waals surface area contributed by atoms with Gasteiger partial charge in [-0.25, -0.2) is 4.89 Å². The summed E-state index contributed by atoms with van der Waals surface area (Å²) in [5.41, 5.74) is -0.402. The Morgan fingerprint density at radius 3 is 2.10 bits per heavy atom. The quantitative estimate of drug-likeness (QED) is 0.258. The lowest BCUT2D eigenvalue weighted by Crippen LogP contribution is -2.23. The predicted octanol–water partition coefficient (Wildman–Crippen LogP) is 2.41. The summed E-state index contributed by atoms with van der Waals surface area (Å²) in [5.74, 6) is -0.141. The third-order valence-electron chi connectivity index (χ3n) is 2.28. The highest BCUT2D eigenvalue weighted by molar-refractivity contribution is 5.69. The Balaban J connectivity index is 3.19. The summed E-state index contributed by atoms with van der Waals surface area (Å²) in [5, 5.41) is 8.05. The molecule has 0 heterocycles. The summed E-state index contributed by atoms with van der Waals surface area (Å²) < 4.78 is 15.7. The number of ether oxygens (including phenoxy) is 3. The molecule has 0 spiro atoms. The molecular formula is C14H28O6. The number of carbonyl (C=O) groups is 1. The Morgan fingerprint density at radius 1 is 0.900 bits per heavy atom. The van der Waals surface area contributed by atoms with Crippen LogP contribution in [0.2, 0.25) is 0 Å². The van der Waals surface area contributed by atoms with Crippen LogP contribution in [-0.2, 0) is 23.9 Å². The first-order valence-corrected chi connectivity index (χ1v) is 7.09. The number of hydrogen-bond donors (Lipinski definition) is 1. The van der Waals surface area contributed by atoms with E-state index < -0.39 is 5.60 Å². The Morgan fingerprint density at radius 2 is 1.50 bits per heavy atom. The van der Waals surface area contributed by atoms with Gasteiger partial charge in [0.25, 0.3) is 0 Å². The summed E-state index contributed by atoms with van der Waals surface area (Å²) in [4.78, 5) is 15.3. The summed E-state index contributed by atoms with van der Waals surface area (Å²) in [6.07, 6.45) is 3.14. The number of unbranched alkanes of at least 4 members (excludes halogenated alkanes) is 2. The van der Waals surface area contributed by atoms with Crippen molar-refractivity contribution in [1.82, 2.24) is 0 Å². The van der Waals surface area contributed by atoms with E-state index in [2.05, 4.69) is 4.89 Å². The molecular weight excluding hydrogens is 264 g/mol. The lowest BCUT2D eigenvalue weighted by molar-refractivity contribution is -0.249. The van der Waals surface area contributed by atoms with Crippen molar-refractivity contribution in [3.05, 3.63) is 0 Å². The molecule has 6 heteroatoms. The number of esters is 1. The molecule has 0 unspecified atom stereocenters. The Hall–Kier alpha value is -0.690. The van der Waals surface area contributed by atoms with Gasteiger partial charge in [-0.05, 0) is 33.6 Å². The van der Waals surface area contributed by atoms with Gasteiger partial charge in [-0.15, -0.1) is 0 Å². The maximum absolute atomic E-state index is 11.4. The fourth-order valence-corrected chi connectivity index (χ4v) is 1.46. The van der Waals surface area contributed by atoms with E-state index >= 15 is 0 Å². The number of carbonyl (C=O) groups excluding carboxylic acids is 1. The van der Waals surface area contributed by atoms with Crippen LogP contribution in [0, 0.1) is 0 Å². The molecule has 0 saturated heterocycles. The zero-order valence-electron chi connectivity index (χ0n) is 12.9. The third-order valence-corrected chi connectivity index (χ3v) is 2.28. The standard InChI is InChI=1S/C14H28O6/c1-14(2,3)20-13(15)7-5-4-6-8-17-9-10-18-11-12-19-16/h16H,4-12H2,1-3H3. The molecule has 0 bridgehead atoms. The molecule has 0 aromatic heterocycles. The third kappa shape index (κ3) is 15.4. The fourth-order valence-electron chi connectivity index (χ4n) is 1.46. The van der Waals surface area contributed by atoms with Crippen LogP contribution in [0.15, 0.2) is 0 Å². The second-order valence-electron chi connectivity index (χ2n) is 5.46. The number of hydrogen-bond acceptors (Lipinski definition) is 6. The van der Waals surface area contributed by atoms with E-state index in [9.17, 15) is 4.79 Å². The van der Waals surface area contributed by atoms with Crippen LogP contribution in [0.3, 0.4) is 0 Å². The van der Waals surface area contributed by atoms with Crippen LogP contribution in [0.25, 0.3) is 0 Å². The SMILES string of the molecule is CC(C)(C)OC(=O)CCCCCOCCOCCOO. The molecule has 0 rings (SSSR count). The molecule has 0 aromatic rings. The first-order chi connectivity index (χ1) is 9.45. The molecule has 0 saturated carbocycles. The largest absolute Gasteiger partial charge is 0.460 e. The first kappa shape index (κ1) is 19.3. The highest BCUT2D eigenvalue weighted by Crippen LogP contribution is 2.10. The summed E-state index contributed by atoms with van der Waals surface area (Å²) >= 11 is 0. The molecule has 0 aliphatic carbocycles. The van der Waals surface area contributed by atoms with Gasteiger partial charge >= 0.3 is 5.97 Å². The molecule has 0 aromatic carbocycles. The first-order valence-electron chi connectivity index (χ1n) is 7.09. The van der Waals surface area contributed by atoms with E-state index in [4.69, 9.17) is 19.5 Å². The lowest BCUT2D eigenvalue weighted by atomic mass is 10.1. The van der Waals surface area contributed by atoms with Crippen molar-refractivity contribution in [2.45, 2.75) is 52.1 Å². The summed E-state index contributed by atoms with van der Waals surface area (Å²) in [6.45, 7) is 7.81. The normalized spacial score (nSPS) is 11.6. The van der Waals surface area contributed by atoms with Crippen LogP contribution in [0.1, 0.15) is 46.5 Å². The van der Waals surface area contributed by atoms with Gasteiger partial charge in [0, 0.05) is 13.0 Å². The van der Waals surface area contributed by atoms with E-state index in [0.717, 1.165) is 19.3 Å². The molecule has 0 aliphatic heterocycles. The van der Waals surface area contributed by atoms with Crippen molar-refractivity contribution in [3.63, 3.8) is 0 Å². The minimum Gasteiger partial charge on any atom is -0.460 e. The van der Waals surface area contributed by atoms with Gasteiger partial charge < -0.3 is 14.2 Å². The van der Waals surface area contributed by atoms with E-state index in [0.29, 0.717) is 32.8 Å². The van der Waals surface area contributed by atoms with Crippen LogP contribution < -0.4 is 0 Å². The number of rotatable bonds is 12. The highest BCUT2D eigenvalue weighted by atomic mass is 17.1. The zero-order valence-corrected chi connectivity index (χ0v) is 12.9. The minimum atomic E-state index is -0.402. The van der Waals surface area contributed by atoms with Gasteiger partial charge in [-0.1, -0.05) is 6.42 Å². The van der Waals surface area contributed by atoms with Crippen LogP contribution in [0.5, 0.6) is 0 Å². The Labute approximate surface area is 121 Å². The maximum atomic E-state index is 11.4. The van der Waals surface area contributed by atoms with Gasteiger partial charge in [0.05, 0.1) is 19.8 Å². The Kier molecular flexibility index (Phi) is 11.7. The summed E-state index contributed by atoms with van der Waals surface area (Å²) in [6, 6.07) is 0. The molecule has 1 N–H and O–H groups in total. The van der Waals surface area contributed by atoms with E-state index in [-0.39, 0.29) is 12.6 Å². The Bertz CT molecular complexity index is 236. The molecule has 6 nitrogen and oxygen atoms in total. The van der Waals surface area contributed by atoms with Gasteiger partial charge in [0.2, 0.25) is 0 Å². The maximum Gasteiger partial charge on any atom is 0.306 e. The topological polar surface area (TPSA) is 74.2 Å². The van der Waals surface area contributed by atoms with E-state index in [1.165, 1.54) is 0 Å². The second kappa shape index (κ2) is 12.1. The zero-order chi connectivity index (χ0) is 15.3. The van der Waals surface area contributed by atoms with Crippen molar-refractivity contribution in [2.24, 2.45) is 0 Å². The average Bonchev–Trinajstić information content (AvgIpc) is 2.34. The molecule has 120 valence electrons. The van der Waals surface area contributed by atoms with Crippen LogP contribution in [0.4, 0.5) is 0 Å². The van der Waals surface area contributed by atoms with E-state index in [1.54, 1.807) is 0 Å². The van der Waals surface area contributed by atoms with E-state index in [1.807, 2.05) is 20.8 Å². The molecule has 0 aliphatic rings. The van der Waals surface area contributed by atoms with Crippen molar-refractivity contribution in [3.8, 4) is 0 Å². The minimum absolute atomic E-state index is 0.141.